The molecule has 64 valence electrons. The summed E-state index contributed by atoms with van der Waals surface area (Å²) in [6, 6.07) is 0.153. The van der Waals surface area contributed by atoms with E-state index in [-0.39, 0.29) is 6.04 Å². The van der Waals surface area contributed by atoms with Gasteiger partial charge in [-0.05, 0) is 31.6 Å². The van der Waals surface area contributed by atoms with E-state index in [9.17, 15) is 4.39 Å². The van der Waals surface area contributed by atoms with Crippen molar-refractivity contribution in [3.8, 4) is 0 Å². The maximum Gasteiger partial charge on any atom is 0.116 e. The molecule has 0 atom stereocenters. The fourth-order valence-corrected chi connectivity index (χ4v) is 2.59. The summed E-state index contributed by atoms with van der Waals surface area (Å²) >= 11 is 0. The minimum absolute atomic E-state index is 0.153. The van der Waals surface area contributed by atoms with Crippen molar-refractivity contribution < 1.29 is 4.39 Å². The summed E-state index contributed by atoms with van der Waals surface area (Å²) < 4.78 is 13.8. The van der Waals surface area contributed by atoms with E-state index in [0.717, 1.165) is 12.8 Å². The Bertz CT molecular complexity index is 146. The first kappa shape index (κ1) is 7.53. The lowest BCUT2D eigenvalue weighted by Crippen LogP contribution is -2.52. The number of rotatable bonds is 1. The van der Waals surface area contributed by atoms with Crippen LogP contribution in [0.4, 0.5) is 4.39 Å². The van der Waals surface area contributed by atoms with Crippen molar-refractivity contribution in [3.05, 3.63) is 0 Å². The van der Waals surface area contributed by atoms with E-state index in [1.807, 2.05) is 0 Å². The zero-order valence-electron chi connectivity index (χ0n) is 6.85. The van der Waals surface area contributed by atoms with Gasteiger partial charge in [-0.1, -0.05) is 12.8 Å². The van der Waals surface area contributed by atoms with Crippen molar-refractivity contribution in [2.75, 3.05) is 0 Å². The number of hydrogen-bond donors (Lipinski definition) is 1. The van der Waals surface area contributed by atoms with E-state index < -0.39 is 5.67 Å². The molecule has 0 aromatic heterocycles. The van der Waals surface area contributed by atoms with Crippen molar-refractivity contribution in [3.63, 3.8) is 0 Å². The SMILES string of the molecule is NC1CC(F)(C2CCCC2)C1. The summed E-state index contributed by atoms with van der Waals surface area (Å²) in [5.41, 5.74) is 4.73. The minimum Gasteiger partial charge on any atom is -0.327 e. The van der Waals surface area contributed by atoms with Gasteiger partial charge in [0, 0.05) is 6.04 Å². The molecule has 2 aliphatic carbocycles. The summed E-state index contributed by atoms with van der Waals surface area (Å²) in [5, 5.41) is 0. The fraction of sp³-hybridized carbons (Fsp3) is 1.00. The van der Waals surface area contributed by atoms with Crippen LogP contribution in [-0.4, -0.2) is 11.7 Å². The van der Waals surface area contributed by atoms with Crippen LogP contribution in [0.3, 0.4) is 0 Å². The fourth-order valence-electron chi connectivity index (χ4n) is 2.59. The lowest BCUT2D eigenvalue weighted by atomic mass is 9.69. The van der Waals surface area contributed by atoms with Crippen molar-refractivity contribution in [2.24, 2.45) is 11.7 Å². The first-order valence-electron chi connectivity index (χ1n) is 4.65. The smallest absolute Gasteiger partial charge is 0.116 e. The summed E-state index contributed by atoms with van der Waals surface area (Å²) in [5.74, 6) is 0.349. The van der Waals surface area contributed by atoms with E-state index in [1.54, 1.807) is 0 Å². The minimum atomic E-state index is -0.851. The van der Waals surface area contributed by atoms with Gasteiger partial charge in [0.05, 0.1) is 0 Å². The Morgan fingerprint density at radius 2 is 1.73 bits per heavy atom. The lowest BCUT2D eigenvalue weighted by Gasteiger charge is -2.43. The third-order valence-corrected chi connectivity index (χ3v) is 3.29. The number of halogens is 1. The Morgan fingerprint density at radius 1 is 1.18 bits per heavy atom. The standard InChI is InChI=1S/C9H16FN/c10-9(5-8(11)6-9)7-3-1-2-4-7/h7-8H,1-6,11H2. The van der Waals surface area contributed by atoms with Gasteiger partial charge < -0.3 is 5.73 Å². The zero-order valence-corrected chi connectivity index (χ0v) is 6.85. The molecule has 0 radical (unpaired) electrons. The largest absolute Gasteiger partial charge is 0.327 e. The molecule has 0 amide bonds. The molecule has 0 heterocycles. The molecule has 2 fully saturated rings. The third-order valence-electron chi connectivity index (χ3n) is 3.29. The van der Waals surface area contributed by atoms with E-state index in [4.69, 9.17) is 5.73 Å². The molecule has 0 aliphatic heterocycles. The van der Waals surface area contributed by atoms with E-state index in [0.29, 0.717) is 18.8 Å². The van der Waals surface area contributed by atoms with E-state index in [1.165, 1.54) is 12.8 Å². The maximum absolute atomic E-state index is 13.8. The molecular weight excluding hydrogens is 141 g/mol. The highest BCUT2D eigenvalue weighted by Gasteiger charge is 2.49. The van der Waals surface area contributed by atoms with Gasteiger partial charge in [0.2, 0.25) is 0 Å². The third kappa shape index (κ3) is 1.18. The van der Waals surface area contributed by atoms with Gasteiger partial charge in [0.25, 0.3) is 0 Å². The Labute approximate surface area is 67.2 Å². The summed E-state index contributed by atoms with van der Waals surface area (Å²) in [7, 11) is 0. The molecule has 11 heavy (non-hydrogen) atoms. The average Bonchev–Trinajstić information content (AvgIpc) is 2.34. The Morgan fingerprint density at radius 3 is 2.18 bits per heavy atom. The van der Waals surface area contributed by atoms with Crippen molar-refractivity contribution >= 4 is 0 Å². The Balaban J connectivity index is 1.93. The molecule has 2 rings (SSSR count). The van der Waals surface area contributed by atoms with Gasteiger partial charge in [-0.2, -0.15) is 0 Å². The van der Waals surface area contributed by atoms with Crippen LogP contribution in [0.5, 0.6) is 0 Å². The summed E-state index contributed by atoms with van der Waals surface area (Å²) in [4.78, 5) is 0. The van der Waals surface area contributed by atoms with Crippen molar-refractivity contribution in [2.45, 2.75) is 50.2 Å². The quantitative estimate of drug-likeness (QED) is 0.619. The Hall–Kier alpha value is -0.110. The molecule has 0 saturated heterocycles. The summed E-state index contributed by atoms with van der Waals surface area (Å²) in [6.45, 7) is 0. The molecule has 0 unspecified atom stereocenters. The van der Waals surface area contributed by atoms with Crippen LogP contribution in [-0.2, 0) is 0 Å². The van der Waals surface area contributed by atoms with Gasteiger partial charge in [0.15, 0.2) is 0 Å². The number of hydrogen-bond acceptors (Lipinski definition) is 1. The molecular formula is C9H16FN. The van der Waals surface area contributed by atoms with Gasteiger partial charge in [-0.25, -0.2) is 4.39 Å². The highest BCUT2D eigenvalue weighted by atomic mass is 19.1. The second-order valence-corrected chi connectivity index (χ2v) is 4.18. The molecule has 2 aliphatic rings. The molecule has 2 saturated carbocycles. The maximum atomic E-state index is 13.8. The molecule has 2 N–H and O–H groups in total. The van der Waals surface area contributed by atoms with Crippen LogP contribution in [0, 0.1) is 5.92 Å². The summed E-state index contributed by atoms with van der Waals surface area (Å²) in [6.07, 6.45) is 5.90. The molecule has 2 heteroatoms. The van der Waals surface area contributed by atoms with Crippen LogP contribution in [0.2, 0.25) is 0 Å². The molecule has 0 aromatic carbocycles. The first-order valence-corrected chi connectivity index (χ1v) is 4.65. The molecule has 0 bridgehead atoms. The number of alkyl halides is 1. The van der Waals surface area contributed by atoms with Crippen LogP contribution >= 0.6 is 0 Å². The topological polar surface area (TPSA) is 26.0 Å². The normalized spacial score (nSPS) is 45.8. The van der Waals surface area contributed by atoms with Crippen LogP contribution in [0.15, 0.2) is 0 Å². The van der Waals surface area contributed by atoms with Crippen LogP contribution < -0.4 is 5.73 Å². The monoisotopic (exact) mass is 157 g/mol. The second-order valence-electron chi connectivity index (χ2n) is 4.18. The van der Waals surface area contributed by atoms with Crippen molar-refractivity contribution in [1.82, 2.24) is 0 Å². The van der Waals surface area contributed by atoms with Gasteiger partial charge in [-0.15, -0.1) is 0 Å². The Kier molecular flexibility index (Phi) is 1.67. The first-order chi connectivity index (χ1) is 5.21. The van der Waals surface area contributed by atoms with Crippen molar-refractivity contribution in [1.29, 1.82) is 0 Å². The van der Waals surface area contributed by atoms with E-state index >= 15 is 0 Å². The highest BCUT2D eigenvalue weighted by Crippen LogP contribution is 2.47. The zero-order chi connectivity index (χ0) is 7.90. The predicted octanol–water partition coefficient (Wildman–Crippen LogP) is 2.01. The molecule has 0 spiro atoms. The molecule has 0 aromatic rings. The molecule has 1 nitrogen and oxygen atoms in total. The van der Waals surface area contributed by atoms with Gasteiger partial charge in [0.1, 0.15) is 5.67 Å². The van der Waals surface area contributed by atoms with E-state index in [2.05, 4.69) is 0 Å². The van der Waals surface area contributed by atoms with Crippen LogP contribution in [0.25, 0.3) is 0 Å². The predicted molar refractivity (Wildman–Crippen MR) is 43.0 cm³/mol. The lowest BCUT2D eigenvalue weighted by molar-refractivity contribution is -0.0134. The van der Waals surface area contributed by atoms with Gasteiger partial charge >= 0.3 is 0 Å². The number of nitrogens with two attached hydrogens (primary N) is 1. The van der Waals surface area contributed by atoms with Crippen LogP contribution in [0.1, 0.15) is 38.5 Å². The average molecular weight is 157 g/mol. The van der Waals surface area contributed by atoms with Gasteiger partial charge in [-0.3, -0.25) is 0 Å². The second kappa shape index (κ2) is 2.44. The highest BCUT2D eigenvalue weighted by molar-refractivity contribution is 5.02.